The van der Waals surface area contributed by atoms with E-state index in [-0.39, 0.29) is 17.9 Å². The van der Waals surface area contributed by atoms with E-state index in [2.05, 4.69) is 10.6 Å². The fraction of sp³-hybridized carbons (Fsp3) is 0.333. The molecule has 1 aliphatic heterocycles. The first-order valence-electron chi connectivity index (χ1n) is 9.31. The average molecular weight is 383 g/mol. The number of carbonyl (C=O) groups is 2. The summed E-state index contributed by atoms with van der Waals surface area (Å²) in [7, 11) is 1.58. The van der Waals surface area contributed by atoms with Crippen molar-refractivity contribution in [1.29, 1.82) is 0 Å². The highest BCUT2D eigenvalue weighted by Crippen LogP contribution is 2.26. The summed E-state index contributed by atoms with van der Waals surface area (Å²) >= 11 is 0. The molecular formula is C21H25N3O4. The van der Waals surface area contributed by atoms with Gasteiger partial charge in [-0.2, -0.15) is 0 Å². The second-order valence-corrected chi connectivity index (χ2v) is 6.57. The molecule has 0 aromatic heterocycles. The van der Waals surface area contributed by atoms with Crippen molar-refractivity contribution in [2.45, 2.75) is 13.3 Å². The van der Waals surface area contributed by atoms with Crippen molar-refractivity contribution < 1.29 is 19.1 Å². The van der Waals surface area contributed by atoms with Crippen molar-refractivity contribution in [3.8, 4) is 11.5 Å². The van der Waals surface area contributed by atoms with Crippen LogP contribution in [0.25, 0.3) is 0 Å². The maximum atomic E-state index is 12.4. The second kappa shape index (κ2) is 9.12. The lowest BCUT2D eigenvalue weighted by Crippen LogP contribution is -2.34. The second-order valence-electron chi connectivity index (χ2n) is 6.57. The summed E-state index contributed by atoms with van der Waals surface area (Å²) in [6.07, 6.45) is 0.409. The molecule has 0 spiro atoms. The predicted molar refractivity (Wildman–Crippen MR) is 108 cm³/mol. The molecule has 2 N–H and O–H groups in total. The van der Waals surface area contributed by atoms with E-state index in [1.54, 1.807) is 30.2 Å². The lowest BCUT2D eigenvalue weighted by Gasteiger charge is -2.17. The molecule has 1 saturated heterocycles. The Labute approximate surface area is 164 Å². The Kier molecular flexibility index (Phi) is 6.37. The van der Waals surface area contributed by atoms with Crippen LogP contribution in [0.5, 0.6) is 11.5 Å². The Bertz CT molecular complexity index is 823. The molecule has 1 heterocycles. The number of amides is 3. The van der Waals surface area contributed by atoms with Gasteiger partial charge in [-0.1, -0.05) is 6.07 Å². The molecule has 2 aromatic rings. The average Bonchev–Trinajstić information content (AvgIpc) is 3.08. The van der Waals surface area contributed by atoms with Gasteiger partial charge in [0, 0.05) is 42.9 Å². The van der Waals surface area contributed by atoms with Crippen LogP contribution in [0.4, 0.5) is 16.2 Å². The minimum atomic E-state index is -0.305. The molecule has 1 aliphatic rings. The molecule has 0 aliphatic carbocycles. The number of hydrogen-bond acceptors (Lipinski definition) is 4. The number of ether oxygens (including phenoxy) is 2. The third-order valence-corrected chi connectivity index (χ3v) is 4.54. The van der Waals surface area contributed by atoms with Gasteiger partial charge in [-0.25, -0.2) is 4.79 Å². The molecule has 0 radical (unpaired) electrons. The summed E-state index contributed by atoms with van der Waals surface area (Å²) in [4.78, 5) is 26.2. The standard InChI is InChI=1S/C21H25N3O4/c1-3-28-18-9-7-17(8-10-18)24-14-15(11-20(24)25)13-22-21(26)23-16-5-4-6-19(12-16)27-2/h4-10,12,15H,3,11,13-14H2,1-2H3,(H2,22,23,26). The summed E-state index contributed by atoms with van der Waals surface area (Å²) in [5, 5.41) is 5.61. The van der Waals surface area contributed by atoms with E-state index in [1.165, 1.54) is 0 Å². The fourth-order valence-corrected chi connectivity index (χ4v) is 3.17. The number of urea groups is 1. The van der Waals surface area contributed by atoms with Gasteiger partial charge in [-0.3, -0.25) is 4.79 Å². The normalized spacial score (nSPS) is 16.0. The Hall–Kier alpha value is -3.22. The summed E-state index contributed by atoms with van der Waals surface area (Å²) in [6.45, 7) is 3.54. The third kappa shape index (κ3) is 4.94. The van der Waals surface area contributed by atoms with E-state index >= 15 is 0 Å². The van der Waals surface area contributed by atoms with Gasteiger partial charge in [-0.15, -0.1) is 0 Å². The van der Waals surface area contributed by atoms with Gasteiger partial charge in [0.15, 0.2) is 0 Å². The molecule has 1 unspecified atom stereocenters. The molecule has 28 heavy (non-hydrogen) atoms. The van der Waals surface area contributed by atoms with Crippen molar-refractivity contribution in [3.05, 3.63) is 48.5 Å². The number of nitrogens with one attached hydrogen (secondary N) is 2. The highest BCUT2D eigenvalue weighted by molar-refractivity contribution is 5.96. The molecule has 1 fully saturated rings. The number of hydrogen-bond donors (Lipinski definition) is 2. The SMILES string of the molecule is CCOc1ccc(N2CC(CNC(=O)Nc3cccc(OC)c3)CC2=O)cc1. The zero-order valence-corrected chi connectivity index (χ0v) is 16.1. The van der Waals surface area contributed by atoms with Crippen molar-refractivity contribution in [1.82, 2.24) is 5.32 Å². The number of methoxy groups -OCH3 is 1. The summed E-state index contributed by atoms with van der Waals surface area (Å²) in [5.74, 6) is 1.58. The van der Waals surface area contributed by atoms with Crippen LogP contribution in [-0.4, -0.2) is 38.7 Å². The van der Waals surface area contributed by atoms with Crippen molar-refractivity contribution in [3.63, 3.8) is 0 Å². The number of benzene rings is 2. The summed E-state index contributed by atoms with van der Waals surface area (Å²) in [5.41, 5.74) is 1.49. The van der Waals surface area contributed by atoms with E-state index in [0.717, 1.165) is 11.4 Å². The Morgan fingerprint density at radius 3 is 2.68 bits per heavy atom. The minimum Gasteiger partial charge on any atom is -0.497 e. The molecule has 7 nitrogen and oxygen atoms in total. The zero-order valence-electron chi connectivity index (χ0n) is 16.1. The maximum absolute atomic E-state index is 12.4. The smallest absolute Gasteiger partial charge is 0.319 e. The van der Waals surface area contributed by atoms with Gasteiger partial charge < -0.3 is 25.0 Å². The van der Waals surface area contributed by atoms with Crippen molar-refractivity contribution in [2.75, 3.05) is 37.0 Å². The highest BCUT2D eigenvalue weighted by atomic mass is 16.5. The number of rotatable bonds is 7. The summed E-state index contributed by atoms with van der Waals surface area (Å²) < 4.78 is 10.6. The Morgan fingerprint density at radius 1 is 1.18 bits per heavy atom. The van der Waals surface area contributed by atoms with Crippen molar-refractivity contribution in [2.24, 2.45) is 5.92 Å². The van der Waals surface area contributed by atoms with E-state index in [0.29, 0.717) is 37.6 Å². The molecule has 148 valence electrons. The Balaban J connectivity index is 1.50. The van der Waals surface area contributed by atoms with Crippen LogP contribution < -0.4 is 25.0 Å². The van der Waals surface area contributed by atoms with E-state index < -0.39 is 0 Å². The van der Waals surface area contributed by atoms with Gasteiger partial charge in [0.1, 0.15) is 11.5 Å². The molecule has 3 amide bonds. The highest BCUT2D eigenvalue weighted by Gasteiger charge is 2.30. The van der Waals surface area contributed by atoms with Gasteiger partial charge in [0.2, 0.25) is 5.91 Å². The molecule has 1 atom stereocenters. The molecule has 0 saturated carbocycles. The van der Waals surface area contributed by atoms with Crippen LogP contribution in [-0.2, 0) is 4.79 Å². The lowest BCUT2D eigenvalue weighted by atomic mass is 10.1. The molecule has 0 bridgehead atoms. The number of nitrogens with zero attached hydrogens (tertiary/aromatic N) is 1. The first-order chi connectivity index (χ1) is 13.6. The first-order valence-corrected chi connectivity index (χ1v) is 9.31. The van der Waals surface area contributed by atoms with Gasteiger partial charge in [-0.05, 0) is 43.3 Å². The molecular weight excluding hydrogens is 358 g/mol. The number of carbonyl (C=O) groups excluding carboxylic acids is 2. The van der Waals surface area contributed by atoms with Crippen LogP contribution in [0.15, 0.2) is 48.5 Å². The lowest BCUT2D eigenvalue weighted by molar-refractivity contribution is -0.117. The van der Waals surface area contributed by atoms with Gasteiger partial charge in [0.05, 0.1) is 13.7 Å². The Morgan fingerprint density at radius 2 is 1.96 bits per heavy atom. The van der Waals surface area contributed by atoms with Gasteiger partial charge in [0.25, 0.3) is 0 Å². The van der Waals surface area contributed by atoms with Crippen LogP contribution in [0.1, 0.15) is 13.3 Å². The topological polar surface area (TPSA) is 79.9 Å². The zero-order chi connectivity index (χ0) is 19.9. The first kappa shape index (κ1) is 19.5. The van der Waals surface area contributed by atoms with Crippen LogP contribution in [0.3, 0.4) is 0 Å². The van der Waals surface area contributed by atoms with Gasteiger partial charge >= 0.3 is 6.03 Å². The minimum absolute atomic E-state index is 0.0594. The maximum Gasteiger partial charge on any atom is 0.319 e. The molecule has 7 heteroatoms. The van der Waals surface area contributed by atoms with E-state index in [4.69, 9.17) is 9.47 Å². The predicted octanol–water partition coefficient (Wildman–Crippen LogP) is 3.27. The monoisotopic (exact) mass is 383 g/mol. The molecule has 2 aromatic carbocycles. The van der Waals surface area contributed by atoms with Crippen LogP contribution in [0, 0.1) is 5.92 Å². The quantitative estimate of drug-likeness (QED) is 0.769. The van der Waals surface area contributed by atoms with Crippen LogP contribution in [0.2, 0.25) is 0 Å². The largest absolute Gasteiger partial charge is 0.497 e. The third-order valence-electron chi connectivity index (χ3n) is 4.54. The van der Waals surface area contributed by atoms with Crippen molar-refractivity contribution >= 4 is 23.3 Å². The van der Waals surface area contributed by atoms with Crippen LogP contribution >= 0.6 is 0 Å². The van der Waals surface area contributed by atoms with E-state index in [9.17, 15) is 9.59 Å². The fourth-order valence-electron chi connectivity index (χ4n) is 3.17. The van der Waals surface area contributed by atoms with E-state index in [1.807, 2.05) is 37.3 Å². The number of anilines is 2. The molecule has 3 rings (SSSR count). The summed E-state index contributed by atoms with van der Waals surface area (Å²) in [6, 6.07) is 14.3.